The third-order valence-electron chi connectivity index (χ3n) is 2.43. The smallest absolute Gasteiger partial charge is 0.219 e. The summed E-state index contributed by atoms with van der Waals surface area (Å²) in [6.07, 6.45) is 7.76. The van der Waals surface area contributed by atoms with E-state index in [4.69, 9.17) is 0 Å². The van der Waals surface area contributed by atoms with E-state index in [0.717, 1.165) is 25.9 Å². The van der Waals surface area contributed by atoms with Gasteiger partial charge in [0.05, 0.1) is 0 Å². The summed E-state index contributed by atoms with van der Waals surface area (Å²) < 4.78 is 0. The molecule has 0 aromatic carbocycles. The quantitative estimate of drug-likeness (QED) is 0.547. The van der Waals surface area contributed by atoms with Crippen molar-refractivity contribution in [3.05, 3.63) is 0 Å². The lowest BCUT2D eigenvalue weighted by Crippen LogP contribution is -2.26. The zero-order chi connectivity index (χ0) is 11.4. The van der Waals surface area contributed by atoms with Gasteiger partial charge in [-0.25, -0.2) is 0 Å². The van der Waals surface area contributed by atoms with Crippen LogP contribution in [0.5, 0.6) is 0 Å². The molecule has 0 aliphatic rings. The molecule has 0 aliphatic heterocycles. The monoisotopic (exact) mass is 214 g/mol. The van der Waals surface area contributed by atoms with E-state index in [0.29, 0.717) is 6.42 Å². The van der Waals surface area contributed by atoms with Gasteiger partial charge in [-0.1, -0.05) is 32.6 Å². The number of hydrogen-bond donors (Lipinski definition) is 2. The summed E-state index contributed by atoms with van der Waals surface area (Å²) >= 11 is 0. The van der Waals surface area contributed by atoms with E-state index >= 15 is 0 Å². The second-order valence-corrected chi connectivity index (χ2v) is 3.97. The number of amides is 1. The molecule has 0 saturated heterocycles. The van der Waals surface area contributed by atoms with Crippen LogP contribution < -0.4 is 10.6 Å². The van der Waals surface area contributed by atoms with E-state index in [2.05, 4.69) is 17.6 Å². The number of carbonyl (C=O) groups is 1. The third kappa shape index (κ3) is 11.4. The zero-order valence-corrected chi connectivity index (χ0v) is 10.3. The molecule has 0 bridgehead atoms. The standard InChI is InChI=1S/C12H26N2O/c1-3-4-5-6-7-9-12(15)14-11-8-10-13-2/h13H,3-11H2,1-2H3,(H,14,15). The molecule has 0 radical (unpaired) electrons. The predicted molar refractivity (Wildman–Crippen MR) is 64.9 cm³/mol. The summed E-state index contributed by atoms with van der Waals surface area (Å²) in [5.41, 5.74) is 0. The van der Waals surface area contributed by atoms with Gasteiger partial charge in [-0.05, 0) is 26.4 Å². The molecule has 0 aliphatic carbocycles. The van der Waals surface area contributed by atoms with E-state index in [-0.39, 0.29) is 5.91 Å². The number of hydrogen-bond acceptors (Lipinski definition) is 2. The SMILES string of the molecule is CCCCCCCC(=O)NCCCNC. The first kappa shape index (κ1) is 14.4. The molecule has 0 rings (SSSR count). The van der Waals surface area contributed by atoms with Crippen molar-refractivity contribution in [2.75, 3.05) is 20.1 Å². The number of unbranched alkanes of at least 4 members (excludes halogenated alkanes) is 4. The Morgan fingerprint density at radius 1 is 1.00 bits per heavy atom. The average Bonchev–Trinajstić information content (AvgIpc) is 2.24. The van der Waals surface area contributed by atoms with Crippen molar-refractivity contribution < 1.29 is 4.79 Å². The maximum absolute atomic E-state index is 11.3. The van der Waals surface area contributed by atoms with E-state index in [1.165, 1.54) is 25.7 Å². The molecular weight excluding hydrogens is 188 g/mol. The Kier molecular flexibility index (Phi) is 11.1. The van der Waals surface area contributed by atoms with Crippen LogP contribution in [0.4, 0.5) is 0 Å². The summed E-state index contributed by atoms with van der Waals surface area (Å²) in [4.78, 5) is 11.3. The van der Waals surface area contributed by atoms with Crippen molar-refractivity contribution in [1.82, 2.24) is 10.6 Å². The fraction of sp³-hybridized carbons (Fsp3) is 0.917. The number of nitrogens with one attached hydrogen (secondary N) is 2. The molecular formula is C12H26N2O. The lowest BCUT2D eigenvalue weighted by atomic mass is 10.1. The Morgan fingerprint density at radius 2 is 1.73 bits per heavy atom. The van der Waals surface area contributed by atoms with Crippen LogP contribution in [0.25, 0.3) is 0 Å². The minimum Gasteiger partial charge on any atom is -0.356 e. The summed E-state index contributed by atoms with van der Waals surface area (Å²) in [5.74, 6) is 0.211. The zero-order valence-electron chi connectivity index (χ0n) is 10.3. The molecule has 90 valence electrons. The highest BCUT2D eigenvalue weighted by Crippen LogP contribution is 2.04. The first-order valence-corrected chi connectivity index (χ1v) is 6.22. The highest BCUT2D eigenvalue weighted by molar-refractivity contribution is 5.75. The molecule has 3 nitrogen and oxygen atoms in total. The molecule has 15 heavy (non-hydrogen) atoms. The summed E-state index contributed by atoms with van der Waals surface area (Å²) in [5, 5.41) is 5.99. The highest BCUT2D eigenvalue weighted by atomic mass is 16.1. The van der Waals surface area contributed by atoms with E-state index in [1.54, 1.807) is 0 Å². The first-order chi connectivity index (χ1) is 7.31. The Hall–Kier alpha value is -0.570. The van der Waals surface area contributed by atoms with Crippen molar-refractivity contribution >= 4 is 5.91 Å². The van der Waals surface area contributed by atoms with Crippen molar-refractivity contribution in [2.24, 2.45) is 0 Å². The average molecular weight is 214 g/mol. The maximum atomic E-state index is 11.3. The molecule has 0 heterocycles. The second kappa shape index (κ2) is 11.5. The van der Waals surface area contributed by atoms with E-state index in [9.17, 15) is 4.79 Å². The van der Waals surface area contributed by atoms with Gasteiger partial charge in [-0.15, -0.1) is 0 Å². The fourth-order valence-electron chi connectivity index (χ4n) is 1.47. The van der Waals surface area contributed by atoms with Gasteiger partial charge in [-0.2, -0.15) is 0 Å². The lowest BCUT2D eigenvalue weighted by Gasteiger charge is -2.04. The minimum absolute atomic E-state index is 0.211. The molecule has 3 heteroatoms. The fourth-order valence-corrected chi connectivity index (χ4v) is 1.47. The van der Waals surface area contributed by atoms with Gasteiger partial charge in [0.1, 0.15) is 0 Å². The normalized spacial score (nSPS) is 10.3. The molecule has 0 aromatic rings. The van der Waals surface area contributed by atoms with Crippen LogP contribution >= 0.6 is 0 Å². The van der Waals surface area contributed by atoms with Crippen molar-refractivity contribution in [3.63, 3.8) is 0 Å². The van der Waals surface area contributed by atoms with E-state index in [1.807, 2.05) is 7.05 Å². The van der Waals surface area contributed by atoms with Gasteiger partial charge in [0, 0.05) is 13.0 Å². The van der Waals surface area contributed by atoms with Crippen LogP contribution in [0.3, 0.4) is 0 Å². The van der Waals surface area contributed by atoms with Crippen LogP contribution in [0.15, 0.2) is 0 Å². The van der Waals surface area contributed by atoms with Gasteiger partial charge in [0.25, 0.3) is 0 Å². The largest absolute Gasteiger partial charge is 0.356 e. The molecule has 0 fully saturated rings. The van der Waals surface area contributed by atoms with Crippen molar-refractivity contribution in [2.45, 2.75) is 51.9 Å². The van der Waals surface area contributed by atoms with Crippen LogP contribution in [0, 0.1) is 0 Å². The van der Waals surface area contributed by atoms with Gasteiger partial charge in [0.15, 0.2) is 0 Å². The van der Waals surface area contributed by atoms with Gasteiger partial charge in [0.2, 0.25) is 5.91 Å². The molecule has 0 aromatic heterocycles. The molecule has 0 saturated carbocycles. The second-order valence-electron chi connectivity index (χ2n) is 3.97. The Balaban J connectivity index is 3.11. The first-order valence-electron chi connectivity index (χ1n) is 6.22. The molecule has 0 spiro atoms. The predicted octanol–water partition coefficient (Wildman–Crippen LogP) is 2.07. The molecule has 0 atom stereocenters. The van der Waals surface area contributed by atoms with Crippen LogP contribution in [0.2, 0.25) is 0 Å². The summed E-state index contributed by atoms with van der Waals surface area (Å²) in [7, 11) is 1.93. The molecule has 0 unspecified atom stereocenters. The number of carbonyl (C=O) groups excluding carboxylic acids is 1. The Bertz CT molecular complexity index is 149. The van der Waals surface area contributed by atoms with Gasteiger partial charge in [-0.3, -0.25) is 4.79 Å². The Morgan fingerprint density at radius 3 is 2.40 bits per heavy atom. The van der Waals surface area contributed by atoms with Crippen molar-refractivity contribution in [1.29, 1.82) is 0 Å². The Labute approximate surface area is 94.0 Å². The highest BCUT2D eigenvalue weighted by Gasteiger charge is 1.99. The van der Waals surface area contributed by atoms with Crippen molar-refractivity contribution in [3.8, 4) is 0 Å². The molecule has 1 amide bonds. The van der Waals surface area contributed by atoms with E-state index < -0.39 is 0 Å². The summed E-state index contributed by atoms with van der Waals surface area (Å²) in [6.45, 7) is 3.97. The van der Waals surface area contributed by atoms with Crippen LogP contribution in [-0.4, -0.2) is 26.0 Å². The lowest BCUT2D eigenvalue weighted by molar-refractivity contribution is -0.121. The van der Waals surface area contributed by atoms with Gasteiger partial charge >= 0.3 is 0 Å². The number of rotatable bonds is 10. The van der Waals surface area contributed by atoms with Gasteiger partial charge < -0.3 is 10.6 Å². The minimum atomic E-state index is 0.211. The third-order valence-corrected chi connectivity index (χ3v) is 2.43. The maximum Gasteiger partial charge on any atom is 0.219 e. The molecule has 2 N–H and O–H groups in total. The van der Waals surface area contributed by atoms with Crippen LogP contribution in [-0.2, 0) is 4.79 Å². The summed E-state index contributed by atoms with van der Waals surface area (Å²) in [6, 6.07) is 0. The van der Waals surface area contributed by atoms with Crippen LogP contribution in [0.1, 0.15) is 51.9 Å². The topological polar surface area (TPSA) is 41.1 Å².